The van der Waals surface area contributed by atoms with Crippen LogP contribution in [0.3, 0.4) is 0 Å². The summed E-state index contributed by atoms with van der Waals surface area (Å²) in [7, 11) is -1.75. The largest absolute Gasteiger partial charge is 0.315 e. The summed E-state index contributed by atoms with van der Waals surface area (Å²) in [6.45, 7) is 0.646. The lowest BCUT2D eigenvalue weighted by Gasteiger charge is -2.07. The molecule has 2 N–H and O–H groups in total. The number of halogens is 2. The lowest BCUT2D eigenvalue weighted by atomic mass is 10.3. The number of benzene rings is 1. The van der Waals surface area contributed by atoms with Crippen molar-refractivity contribution in [3.05, 3.63) is 44.7 Å². The van der Waals surface area contributed by atoms with Crippen molar-refractivity contribution < 1.29 is 8.42 Å². The van der Waals surface area contributed by atoms with Gasteiger partial charge in [-0.2, -0.15) is 0 Å². The van der Waals surface area contributed by atoms with Crippen molar-refractivity contribution in [2.24, 2.45) is 0 Å². The maximum atomic E-state index is 12.2. The van der Waals surface area contributed by atoms with E-state index >= 15 is 0 Å². The first-order valence-corrected chi connectivity index (χ1v) is 9.10. The summed E-state index contributed by atoms with van der Waals surface area (Å²) < 4.78 is 27.9. The highest BCUT2D eigenvalue weighted by atomic mass is 79.9. The van der Waals surface area contributed by atoms with Crippen LogP contribution in [0.25, 0.3) is 0 Å². The van der Waals surface area contributed by atoms with Gasteiger partial charge in [-0.15, -0.1) is 11.3 Å². The Labute approximate surface area is 135 Å². The van der Waals surface area contributed by atoms with Crippen LogP contribution in [0.4, 0.5) is 5.69 Å². The lowest BCUT2D eigenvalue weighted by Crippen LogP contribution is -2.11. The molecule has 0 aliphatic heterocycles. The van der Waals surface area contributed by atoms with Crippen LogP contribution in [0, 0.1) is 0 Å². The summed E-state index contributed by atoms with van der Waals surface area (Å²) in [4.78, 5) is 0.963. The van der Waals surface area contributed by atoms with Gasteiger partial charge in [0.15, 0.2) is 0 Å². The first-order chi connectivity index (χ1) is 9.42. The third-order valence-corrected chi connectivity index (χ3v) is 6.60. The van der Waals surface area contributed by atoms with Crippen molar-refractivity contribution in [1.29, 1.82) is 0 Å². The Hall–Kier alpha value is -0.600. The third-order valence-electron chi connectivity index (χ3n) is 2.42. The van der Waals surface area contributed by atoms with Crippen LogP contribution in [0.15, 0.2) is 39.0 Å². The van der Waals surface area contributed by atoms with Gasteiger partial charge in [0, 0.05) is 15.9 Å². The number of sulfonamides is 1. The molecule has 0 unspecified atom stereocenters. The van der Waals surface area contributed by atoms with E-state index in [0.717, 1.165) is 4.88 Å². The molecule has 1 heterocycles. The van der Waals surface area contributed by atoms with Crippen molar-refractivity contribution in [2.45, 2.75) is 10.8 Å². The predicted octanol–water partition coefficient (Wildman–Crippen LogP) is 3.68. The Morgan fingerprint density at radius 2 is 2.05 bits per heavy atom. The number of hydrogen-bond acceptors (Lipinski definition) is 4. The zero-order chi connectivity index (χ0) is 14.8. The first-order valence-electron chi connectivity index (χ1n) is 5.63. The Balaban J connectivity index is 2.23. The molecule has 0 aliphatic rings. The van der Waals surface area contributed by atoms with E-state index < -0.39 is 10.0 Å². The monoisotopic (exact) mass is 394 g/mol. The van der Waals surface area contributed by atoms with Gasteiger partial charge in [-0.3, -0.25) is 4.72 Å². The Kier molecular flexibility index (Phi) is 5.09. The van der Waals surface area contributed by atoms with Gasteiger partial charge in [-0.1, -0.05) is 11.6 Å². The highest BCUT2D eigenvalue weighted by Crippen LogP contribution is 2.28. The molecule has 0 saturated heterocycles. The van der Waals surface area contributed by atoms with Crippen LogP contribution in [0.5, 0.6) is 0 Å². The van der Waals surface area contributed by atoms with E-state index in [0.29, 0.717) is 21.7 Å². The molecule has 4 nitrogen and oxygen atoms in total. The molecule has 2 aromatic rings. The second-order valence-electron chi connectivity index (χ2n) is 3.99. The maximum Gasteiger partial charge on any atom is 0.271 e. The molecule has 0 saturated carbocycles. The number of nitrogens with one attached hydrogen (secondary N) is 2. The minimum Gasteiger partial charge on any atom is -0.315 e. The van der Waals surface area contributed by atoms with Crippen molar-refractivity contribution in [2.75, 3.05) is 11.8 Å². The molecule has 1 aromatic heterocycles. The smallest absolute Gasteiger partial charge is 0.271 e. The van der Waals surface area contributed by atoms with Gasteiger partial charge in [0.1, 0.15) is 4.21 Å². The number of thiophene rings is 1. The molecule has 0 spiro atoms. The fraction of sp³-hybridized carbons (Fsp3) is 0.167. The fourth-order valence-electron chi connectivity index (χ4n) is 1.54. The van der Waals surface area contributed by atoms with Gasteiger partial charge >= 0.3 is 0 Å². The SMILES string of the molecule is CNCc1ccc(S(=O)(=O)Nc2ccc(Cl)c(Br)c2)s1. The zero-order valence-electron chi connectivity index (χ0n) is 10.5. The molecule has 1 aromatic carbocycles. The quantitative estimate of drug-likeness (QED) is 0.812. The standard InChI is InChI=1S/C12H12BrClN2O2S2/c1-15-7-9-3-5-12(19-9)20(17,18)16-8-2-4-11(14)10(13)6-8/h2-6,15-16H,7H2,1H3. The van der Waals surface area contributed by atoms with Gasteiger partial charge in [0.05, 0.1) is 10.7 Å². The van der Waals surface area contributed by atoms with Gasteiger partial charge in [0.2, 0.25) is 0 Å². The highest BCUT2D eigenvalue weighted by Gasteiger charge is 2.17. The van der Waals surface area contributed by atoms with Crippen LogP contribution >= 0.6 is 38.9 Å². The van der Waals surface area contributed by atoms with Gasteiger partial charge in [-0.25, -0.2) is 8.42 Å². The molecule has 8 heteroatoms. The van der Waals surface area contributed by atoms with E-state index in [1.54, 1.807) is 30.3 Å². The van der Waals surface area contributed by atoms with E-state index in [1.807, 2.05) is 7.05 Å². The summed E-state index contributed by atoms with van der Waals surface area (Å²) in [6, 6.07) is 8.28. The Bertz CT molecular complexity index is 716. The Morgan fingerprint density at radius 3 is 2.70 bits per heavy atom. The summed E-state index contributed by atoms with van der Waals surface area (Å²) in [5.74, 6) is 0. The van der Waals surface area contributed by atoms with Gasteiger partial charge in [-0.05, 0) is 53.3 Å². The van der Waals surface area contributed by atoms with E-state index in [1.165, 1.54) is 11.3 Å². The molecule has 0 aliphatic carbocycles. The van der Waals surface area contributed by atoms with Crippen LogP contribution in [-0.2, 0) is 16.6 Å². The molecular formula is C12H12BrClN2O2S2. The molecule has 0 bridgehead atoms. The van der Waals surface area contributed by atoms with Crippen molar-refractivity contribution in [3.63, 3.8) is 0 Å². The topological polar surface area (TPSA) is 58.2 Å². The normalized spacial score (nSPS) is 11.6. The summed E-state index contributed by atoms with van der Waals surface area (Å²) in [5, 5.41) is 3.51. The van der Waals surface area contributed by atoms with Gasteiger partial charge < -0.3 is 5.32 Å². The van der Waals surface area contributed by atoms with Crippen LogP contribution in [0.1, 0.15) is 4.88 Å². The van der Waals surface area contributed by atoms with E-state index in [2.05, 4.69) is 26.0 Å². The van der Waals surface area contributed by atoms with Crippen LogP contribution < -0.4 is 10.0 Å². The fourth-order valence-corrected chi connectivity index (χ4v) is 4.45. The minimum absolute atomic E-state index is 0.286. The predicted molar refractivity (Wildman–Crippen MR) is 87.0 cm³/mol. The first kappa shape index (κ1) is 15.8. The van der Waals surface area contributed by atoms with Crippen molar-refractivity contribution in [3.8, 4) is 0 Å². The Morgan fingerprint density at radius 1 is 1.30 bits per heavy atom. The molecule has 0 atom stereocenters. The van der Waals surface area contributed by atoms with Crippen LogP contribution in [-0.4, -0.2) is 15.5 Å². The second kappa shape index (κ2) is 6.44. The van der Waals surface area contributed by atoms with E-state index in [4.69, 9.17) is 11.6 Å². The molecule has 0 fully saturated rings. The molecule has 20 heavy (non-hydrogen) atoms. The van der Waals surface area contributed by atoms with Crippen molar-refractivity contribution >= 4 is 54.6 Å². The summed E-state index contributed by atoms with van der Waals surface area (Å²) >= 11 is 10.4. The molecule has 2 rings (SSSR count). The van der Waals surface area contributed by atoms with Gasteiger partial charge in [0.25, 0.3) is 10.0 Å². The van der Waals surface area contributed by atoms with Crippen LogP contribution in [0.2, 0.25) is 5.02 Å². The molecule has 108 valence electrons. The third kappa shape index (κ3) is 3.73. The average Bonchev–Trinajstić information content (AvgIpc) is 2.83. The van der Waals surface area contributed by atoms with E-state index in [9.17, 15) is 8.42 Å². The van der Waals surface area contributed by atoms with E-state index in [-0.39, 0.29) is 4.21 Å². The number of hydrogen-bond donors (Lipinski definition) is 2. The maximum absolute atomic E-state index is 12.2. The average molecular weight is 396 g/mol. The summed E-state index contributed by atoms with van der Waals surface area (Å²) in [6.07, 6.45) is 0. The second-order valence-corrected chi connectivity index (χ2v) is 8.32. The lowest BCUT2D eigenvalue weighted by molar-refractivity contribution is 0.603. The zero-order valence-corrected chi connectivity index (χ0v) is 14.5. The highest BCUT2D eigenvalue weighted by molar-refractivity contribution is 9.10. The molecule has 0 amide bonds. The molecule has 0 radical (unpaired) electrons. The number of anilines is 1. The minimum atomic E-state index is -3.56. The number of rotatable bonds is 5. The molecular weight excluding hydrogens is 384 g/mol. The summed E-state index contributed by atoms with van der Waals surface area (Å²) in [5.41, 5.74) is 0.463. The van der Waals surface area contributed by atoms with Crippen molar-refractivity contribution in [1.82, 2.24) is 5.32 Å².